The minimum Gasteiger partial charge on any atom is -0.493 e. The fraction of sp³-hybridized carbons (Fsp3) is 0.246. The lowest BCUT2D eigenvalue weighted by Gasteiger charge is -2.27. The highest BCUT2D eigenvalue weighted by molar-refractivity contribution is 6.19. The van der Waals surface area contributed by atoms with E-state index in [0.29, 0.717) is 51.5 Å². The number of para-hydroxylation sites is 2. The lowest BCUT2D eigenvalue weighted by molar-refractivity contribution is -0.148. The summed E-state index contributed by atoms with van der Waals surface area (Å²) in [6.07, 6.45) is -1.95. The highest BCUT2D eigenvalue weighted by Gasteiger charge is 2.66. The van der Waals surface area contributed by atoms with Crippen molar-refractivity contribution in [1.82, 2.24) is 0 Å². The fourth-order valence-corrected chi connectivity index (χ4v) is 10.6. The van der Waals surface area contributed by atoms with Gasteiger partial charge in [-0.2, -0.15) is 0 Å². The Morgan fingerprint density at radius 1 is 0.468 bits per heavy atom. The third-order valence-corrected chi connectivity index (χ3v) is 14.3. The number of amides is 2. The van der Waals surface area contributed by atoms with E-state index in [1.165, 1.54) is 28.4 Å². The van der Waals surface area contributed by atoms with Crippen molar-refractivity contribution in [1.29, 1.82) is 0 Å². The Morgan fingerprint density at radius 2 is 0.818 bits per heavy atom. The zero-order valence-electron chi connectivity index (χ0n) is 43.2. The molecule has 16 heteroatoms. The lowest BCUT2D eigenvalue weighted by Crippen LogP contribution is -2.43. The zero-order chi connectivity index (χ0) is 54.2. The normalized spacial score (nSPS) is 20.2. The summed E-state index contributed by atoms with van der Waals surface area (Å²) in [5, 5.41) is 0. The first-order valence-electron chi connectivity index (χ1n) is 24.9. The molecule has 6 aromatic carbocycles. The van der Waals surface area contributed by atoms with Gasteiger partial charge in [-0.05, 0) is 72.5 Å². The van der Waals surface area contributed by atoms with Crippen molar-refractivity contribution < 1.29 is 66.7 Å². The van der Waals surface area contributed by atoms with Crippen molar-refractivity contribution >= 4 is 47.1 Å². The predicted molar refractivity (Wildman–Crippen MR) is 279 cm³/mol. The number of anilines is 2. The summed E-state index contributed by atoms with van der Waals surface area (Å²) in [5.74, 6) is -3.64. The summed E-state index contributed by atoms with van der Waals surface area (Å²) in [6.45, 7) is 4.81. The van der Waals surface area contributed by atoms with Crippen LogP contribution in [0.15, 0.2) is 168 Å². The van der Waals surface area contributed by atoms with Crippen LogP contribution in [0.3, 0.4) is 0 Å². The van der Waals surface area contributed by atoms with Crippen molar-refractivity contribution in [2.75, 3.05) is 51.5 Å². The second-order valence-electron chi connectivity index (χ2n) is 18.9. The Bertz CT molecular complexity index is 3160. The number of ether oxygens (including phenoxy) is 8. The summed E-state index contributed by atoms with van der Waals surface area (Å²) < 4.78 is 46.5. The van der Waals surface area contributed by atoms with E-state index in [1.807, 2.05) is 62.4 Å². The summed E-state index contributed by atoms with van der Waals surface area (Å²) in [7, 11) is 4.75. The molecule has 4 atom stereocenters. The van der Waals surface area contributed by atoms with Gasteiger partial charge in [0.05, 0.1) is 88.4 Å². The average molecular weight is 1040 g/mol. The topological polar surface area (TPSA) is 183 Å². The number of esters is 4. The van der Waals surface area contributed by atoms with E-state index in [0.717, 1.165) is 22.3 Å². The van der Waals surface area contributed by atoms with Crippen LogP contribution in [0.25, 0.3) is 0 Å². The van der Waals surface area contributed by atoms with Crippen molar-refractivity contribution in [3.05, 3.63) is 212 Å². The van der Waals surface area contributed by atoms with Gasteiger partial charge in [0.2, 0.25) is 11.2 Å². The maximum Gasteiger partial charge on any atom is 0.338 e. The van der Waals surface area contributed by atoms with Gasteiger partial charge in [0, 0.05) is 17.5 Å². The van der Waals surface area contributed by atoms with Crippen molar-refractivity contribution in [2.24, 2.45) is 0 Å². The third kappa shape index (κ3) is 8.88. The SMILES string of the molecule is COC(=O)C1=C(C(=O)OC)[C@@]2(O[C@H]1c1ccc(OCCCOc3ccc([C@@H]4O[C@@]5(C(=O)N(Cc6ccc(C)cc6)c6ccccc65)C(C(=O)OC)=C4C(=O)OC)cc3)cc1)C(=O)N(Cc1ccc(C)cc1)c1ccccc12. The van der Waals surface area contributed by atoms with E-state index < -0.39 is 59.1 Å². The largest absolute Gasteiger partial charge is 0.493 e. The number of aryl methyl sites for hydroxylation is 2. The third-order valence-electron chi connectivity index (χ3n) is 14.3. The first-order chi connectivity index (χ1) is 37.3. The monoisotopic (exact) mass is 1040 g/mol. The lowest BCUT2D eigenvalue weighted by atomic mass is 9.85. The molecule has 4 heterocycles. The van der Waals surface area contributed by atoms with Crippen LogP contribution in [0.5, 0.6) is 11.5 Å². The van der Waals surface area contributed by atoms with Crippen LogP contribution in [-0.4, -0.2) is 77.3 Å². The molecule has 0 saturated carbocycles. The van der Waals surface area contributed by atoms with Crippen LogP contribution in [-0.2, 0) is 81.5 Å². The van der Waals surface area contributed by atoms with Crippen LogP contribution in [0.4, 0.5) is 11.4 Å². The molecule has 2 amide bonds. The first-order valence-corrected chi connectivity index (χ1v) is 24.9. The van der Waals surface area contributed by atoms with E-state index in [2.05, 4.69) is 0 Å². The molecule has 0 unspecified atom stereocenters. The summed E-state index contributed by atoms with van der Waals surface area (Å²) >= 11 is 0. The number of fused-ring (bicyclic) bond motifs is 4. The van der Waals surface area contributed by atoms with Gasteiger partial charge < -0.3 is 47.7 Å². The van der Waals surface area contributed by atoms with Gasteiger partial charge >= 0.3 is 23.9 Å². The van der Waals surface area contributed by atoms with Crippen molar-refractivity contribution in [2.45, 2.75) is 56.8 Å². The molecule has 4 aliphatic rings. The molecule has 0 N–H and O–H groups in total. The second kappa shape index (κ2) is 21.0. The Kier molecular flexibility index (Phi) is 14.1. The molecule has 392 valence electrons. The number of hydrogen-bond acceptors (Lipinski definition) is 14. The molecule has 0 fully saturated rings. The van der Waals surface area contributed by atoms with Gasteiger partial charge in [-0.1, -0.05) is 120 Å². The van der Waals surface area contributed by atoms with Gasteiger partial charge in [-0.25, -0.2) is 19.2 Å². The number of methoxy groups -OCH3 is 4. The number of carbonyl (C=O) groups excluding carboxylic acids is 6. The van der Waals surface area contributed by atoms with Crippen LogP contribution < -0.4 is 19.3 Å². The molecule has 0 aliphatic carbocycles. The van der Waals surface area contributed by atoms with Gasteiger partial charge in [0.25, 0.3) is 11.8 Å². The van der Waals surface area contributed by atoms with Gasteiger partial charge in [0.15, 0.2) is 0 Å². The first kappa shape index (κ1) is 51.6. The molecule has 0 saturated heterocycles. The highest BCUT2D eigenvalue weighted by Crippen LogP contribution is 2.59. The Hall–Kier alpha value is -8.86. The van der Waals surface area contributed by atoms with Crippen LogP contribution in [0, 0.1) is 13.8 Å². The average Bonchev–Trinajstić information content (AvgIpc) is 4.27. The molecule has 2 spiro atoms. The maximum absolute atomic E-state index is 14.9. The van der Waals surface area contributed by atoms with Crippen molar-refractivity contribution in [3.63, 3.8) is 0 Å². The summed E-state index contributed by atoms with van der Waals surface area (Å²) in [5.41, 5.74) is 1.74. The number of carbonyl (C=O) groups is 6. The molecule has 0 aromatic heterocycles. The molecule has 0 bridgehead atoms. The Morgan fingerprint density at radius 3 is 1.17 bits per heavy atom. The van der Waals surface area contributed by atoms with Crippen LogP contribution in [0.1, 0.15) is 63.1 Å². The summed E-state index contributed by atoms with van der Waals surface area (Å²) in [6, 6.07) is 43.1. The molecule has 6 aromatic rings. The Balaban J connectivity index is 0.825. The minimum atomic E-state index is -2.02. The van der Waals surface area contributed by atoms with Crippen LogP contribution in [0.2, 0.25) is 0 Å². The molecular weight excluding hydrogens is 985 g/mol. The molecular formula is C61H54N2O14. The standard InChI is InChI=1S/C61H54N2O14/c1-36-16-20-38(21-17-36)34-62-46-14-9-7-12-44(46)60(58(62)68)50(56(66)72-5)48(54(64)70-3)52(76-60)40-24-28-42(29-25-40)74-32-11-33-75-43-30-26-41(27-31-43)53-49(55(65)71-4)51(57(67)73-6)61(77-53)45-13-8-10-15-47(45)63(59(61)69)35-39-22-18-37(2)19-23-39/h7-10,12-31,52-53H,11,32-35H2,1-6H3/t52-,53-,60+,61+/m0/s1. The molecule has 10 rings (SSSR count). The number of nitrogens with zero attached hydrogens (tertiary/aromatic N) is 2. The van der Waals surface area contributed by atoms with Gasteiger partial charge in [-0.15, -0.1) is 0 Å². The van der Waals surface area contributed by atoms with Gasteiger partial charge in [0.1, 0.15) is 23.7 Å². The quantitative estimate of drug-likeness (QED) is 0.0511. The van der Waals surface area contributed by atoms with Gasteiger partial charge in [-0.3, -0.25) is 9.59 Å². The zero-order valence-corrected chi connectivity index (χ0v) is 43.2. The molecule has 4 aliphatic heterocycles. The molecule has 77 heavy (non-hydrogen) atoms. The maximum atomic E-state index is 14.9. The Labute approximate surface area is 444 Å². The molecule has 16 nitrogen and oxygen atoms in total. The van der Waals surface area contributed by atoms with Crippen molar-refractivity contribution in [3.8, 4) is 11.5 Å². The minimum absolute atomic E-state index is 0.153. The van der Waals surface area contributed by atoms with E-state index in [1.54, 1.807) is 107 Å². The van der Waals surface area contributed by atoms with E-state index in [-0.39, 0.29) is 48.6 Å². The second-order valence-corrected chi connectivity index (χ2v) is 18.9. The number of hydrogen-bond donors (Lipinski definition) is 0. The number of rotatable bonds is 16. The summed E-state index contributed by atoms with van der Waals surface area (Å²) in [4.78, 5) is 88.0. The van der Waals surface area contributed by atoms with E-state index >= 15 is 0 Å². The smallest absolute Gasteiger partial charge is 0.338 e. The fourth-order valence-electron chi connectivity index (χ4n) is 10.6. The number of benzene rings is 6. The predicted octanol–water partition coefficient (Wildman–Crippen LogP) is 8.46. The van der Waals surface area contributed by atoms with E-state index in [9.17, 15) is 28.8 Å². The highest BCUT2D eigenvalue weighted by atomic mass is 16.6. The van der Waals surface area contributed by atoms with E-state index in [4.69, 9.17) is 37.9 Å². The molecule has 0 radical (unpaired) electrons. The van der Waals surface area contributed by atoms with Crippen LogP contribution >= 0.6 is 0 Å².